The van der Waals surface area contributed by atoms with Crippen LogP contribution < -0.4 is 5.32 Å². The molecule has 1 fully saturated rings. The van der Waals surface area contributed by atoms with Gasteiger partial charge in [0.25, 0.3) is 5.91 Å². The van der Waals surface area contributed by atoms with Gasteiger partial charge in [0.1, 0.15) is 0 Å². The van der Waals surface area contributed by atoms with Crippen LogP contribution in [0.1, 0.15) is 30.1 Å². The zero-order chi connectivity index (χ0) is 12.1. The predicted octanol–water partition coefficient (Wildman–Crippen LogP) is 1.90. The minimum atomic E-state index is 0.0253. The van der Waals surface area contributed by atoms with Gasteiger partial charge in [0, 0.05) is 18.2 Å². The molecule has 1 N–H and O–H groups in total. The molecule has 0 radical (unpaired) electrons. The molecule has 3 heteroatoms. The first kappa shape index (κ1) is 12.1. The van der Waals surface area contributed by atoms with E-state index in [1.165, 1.54) is 25.9 Å². The van der Waals surface area contributed by atoms with Gasteiger partial charge in [-0.3, -0.25) is 4.79 Å². The maximum atomic E-state index is 11.9. The second-order valence-electron chi connectivity index (χ2n) is 4.75. The van der Waals surface area contributed by atoms with Crippen LogP contribution in [-0.2, 0) is 0 Å². The van der Waals surface area contributed by atoms with E-state index in [0.29, 0.717) is 0 Å². The van der Waals surface area contributed by atoms with Crippen molar-refractivity contribution in [3.63, 3.8) is 0 Å². The van der Waals surface area contributed by atoms with Gasteiger partial charge in [0.15, 0.2) is 0 Å². The van der Waals surface area contributed by atoms with Gasteiger partial charge in [0.2, 0.25) is 0 Å². The molecule has 1 aromatic rings. The third-order valence-electron chi connectivity index (χ3n) is 3.14. The van der Waals surface area contributed by atoms with Crippen LogP contribution in [0.3, 0.4) is 0 Å². The summed E-state index contributed by atoms with van der Waals surface area (Å²) in [6.07, 6.45) is 2.58. The molecule has 92 valence electrons. The summed E-state index contributed by atoms with van der Waals surface area (Å²) < 4.78 is 0. The Hall–Kier alpha value is -1.35. The van der Waals surface area contributed by atoms with Crippen molar-refractivity contribution in [3.8, 4) is 0 Å². The molecule has 0 spiro atoms. The van der Waals surface area contributed by atoms with Crippen molar-refractivity contribution in [1.82, 2.24) is 10.2 Å². The molecule has 1 unspecified atom stereocenters. The lowest BCUT2D eigenvalue weighted by Crippen LogP contribution is -2.41. The number of benzene rings is 1. The number of hydrogen-bond donors (Lipinski definition) is 1. The summed E-state index contributed by atoms with van der Waals surface area (Å²) >= 11 is 0. The van der Waals surface area contributed by atoms with E-state index in [2.05, 4.69) is 17.1 Å². The molecule has 17 heavy (non-hydrogen) atoms. The molecule has 0 bridgehead atoms. The Balaban J connectivity index is 1.81. The number of hydrogen-bond acceptors (Lipinski definition) is 2. The summed E-state index contributed by atoms with van der Waals surface area (Å²) in [6.45, 7) is 5.37. The van der Waals surface area contributed by atoms with Crippen LogP contribution in [0.15, 0.2) is 30.3 Å². The normalized spacial score (nSPS) is 17.9. The summed E-state index contributed by atoms with van der Waals surface area (Å²) in [6, 6.07) is 9.60. The number of rotatable bonds is 4. The van der Waals surface area contributed by atoms with Crippen molar-refractivity contribution < 1.29 is 4.79 Å². The van der Waals surface area contributed by atoms with Gasteiger partial charge < -0.3 is 10.2 Å². The average Bonchev–Trinajstić information content (AvgIpc) is 2.82. The molecule has 3 nitrogen and oxygen atoms in total. The van der Waals surface area contributed by atoms with Crippen molar-refractivity contribution in [2.45, 2.75) is 25.8 Å². The Morgan fingerprint density at radius 1 is 1.29 bits per heavy atom. The van der Waals surface area contributed by atoms with Crippen LogP contribution in [0, 0.1) is 0 Å². The number of carbonyl (C=O) groups is 1. The van der Waals surface area contributed by atoms with Crippen LogP contribution in [0.4, 0.5) is 0 Å². The monoisotopic (exact) mass is 232 g/mol. The number of likely N-dealkylation sites (tertiary alicyclic amines) is 1. The summed E-state index contributed by atoms with van der Waals surface area (Å²) in [5.74, 6) is 0.0253. The molecule has 1 saturated heterocycles. The molecule has 1 aliphatic heterocycles. The number of carbonyl (C=O) groups excluding carboxylic acids is 1. The first-order chi connectivity index (χ1) is 8.25. The molecular formula is C14H20N2O. The van der Waals surface area contributed by atoms with Crippen molar-refractivity contribution in [2.24, 2.45) is 0 Å². The Kier molecular flexibility index (Phi) is 4.15. The fourth-order valence-corrected chi connectivity index (χ4v) is 2.29. The molecule has 2 rings (SSSR count). The summed E-state index contributed by atoms with van der Waals surface area (Å²) in [4.78, 5) is 14.3. The summed E-state index contributed by atoms with van der Waals surface area (Å²) in [5.41, 5.74) is 0.737. The molecule has 0 saturated carbocycles. The molecule has 0 aromatic heterocycles. The van der Waals surface area contributed by atoms with E-state index >= 15 is 0 Å². The van der Waals surface area contributed by atoms with E-state index in [0.717, 1.165) is 12.1 Å². The van der Waals surface area contributed by atoms with E-state index < -0.39 is 0 Å². The van der Waals surface area contributed by atoms with Gasteiger partial charge in [-0.1, -0.05) is 18.2 Å². The second-order valence-corrected chi connectivity index (χ2v) is 4.75. The van der Waals surface area contributed by atoms with Gasteiger partial charge in [-0.05, 0) is 45.0 Å². The fourth-order valence-electron chi connectivity index (χ4n) is 2.29. The Morgan fingerprint density at radius 3 is 2.59 bits per heavy atom. The zero-order valence-electron chi connectivity index (χ0n) is 10.4. The van der Waals surface area contributed by atoms with Crippen molar-refractivity contribution in [3.05, 3.63) is 35.9 Å². The second kappa shape index (κ2) is 5.82. The van der Waals surface area contributed by atoms with E-state index in [9.17, 15) is 4.79 Å². The van der Waals surface area contributed by atoms with Crippen LogP contribution in [0.25, 0.3) is 0 Å². The maximum absolute atomic E-state index is 11.9. The maximum Gasteiger partial charge on any atom is 0.251 e. The van der Waals surface area contributed by atoms with Crippen LogP contribution in [0.2, 0.25) is 0 Å². The molecule has 1 aromatic carbocycles. The standard InChI is InChI=1S/C14H20N2O/c1-12(11-16-9-5-6-10-16)15-14(17)13-7-3-2-4-8-13/h2-4,7-8,12H,5-6,9-11H2,1H3,(H,15,17). The van der Waals surface area contributed by atoms with Crippen molar-refractivity contribution >= 4 is 5.91 Å². The minimum absolute atomic E-state index is 0.0253. The van der Waals surface area contributed by atoms with Crippen LogP contribution >= 0.6 is 0 Å². The van der Waals surface area contributed by atoms with Gasteiger partial charge in [-0.25, -0.2) is 0 Å². The van der Waals surface area contributed by atoms with E-state index in [1.54, 1.807) is 0 Å². The highest BCUT2D eigenvalue weighted by Crippen LogP contribution is 2.07. The highest BCUT2D eigenvalue weighted by Gasteiger charge is 2.16. The van der Waals surface area contributed by atoms with Crippen molar-refractivity contribution in [2.75, 3.05) is 19.6 Å². The van der Waals surface area contributed by atoms with Gasteiger partial charge in [0.05, 0.1) is 0 Å². The van der Waals surface area contributed by atoms with Gasteiger partial charge >= 0.3 is 0 Å². The SMILES string of the molecule is CC(CN1CCCC1)NC(=O)c1ccccc1. The highest BCUT2D eigenvalue weighted by molar-refractivity contribution is 5.94. The largest absolute Gasteiger partial charge is 0.348 e. The smallest absolute Gasteiger partial charge is 0.251 e. The van der Waals surface area contributed by atoms with E-state index in [4.69, 9.17) is 0 Å². The summed E-state index contributed by atoms with van der Waals surface area (Å²) in [7, 11) is 0. The molecule has 1 aliphatic rings. The highest BCUT2D eigenvalue weighted by atomic mass is 16.1. The average molecular weight is 232 g/mol. The molecule has 0 aliphatic carbocycles. The van der Waals surface area contributed by atoms with Crippen LogP contribution in [-0.4, -0.2) is 36.5 Å². The molecule has 1 heterocycles. The Morgan fingerprint density at radius 2 is 1.94 bits per heavy atom. The third kappa shape index (κ3) is 3.56. The Labute approximate surface area is 103 Å². The number of nitrogens with one attached hydrogen (secondary N) is 1. The lowest BCUT2D eigenvalue weighted by atomic mass is 10.2. The lowest BCUT2D eigenvalue weighted by Gasteiger charge is -2.21. The van der Waals surface area contributed by atoms with Crippen molar-refractivity contribution in [1.29, 1.82) is 0 Å². The van der Waals surface area contributed by atoms with Gasteiger partial charge in [-0.15, -0.1) is 0 Å². The van der Waals surface area contributed by atoms with E-state index in [-0.39, 0.29) is 11.9 Å². The first-order valence-corrected chi connectivity index (χ1v) is 6.34. The first-order valence-electron chi connectivity index (χ1n) is 6.34. The van der Waals surface area contributed by atoms with Crippen LogP contribution in [0.5, 0.6) is 0 Å². The lowest BCUT2D eigenvalue weighted by molar-refractivity contribution is 0.0932. The quantitative estimate of drug-likeness (QED) is 0.860. The van der Waals surface area contributed by atoms with Gasteiger partial charge in [-0.2, -0.15) is 0 Å². The Bertz CT molecular complexity index is 358. The summed E-state index contributed by atoms with van der Waals surface area (Å²) in [5, 5.41) is 3.04. The third-order valence-corrected chi connectivity index (χ3v) is 3.14. The molecule has 1 amide bonds. The molecule has 1 atom stereocenters. The van der Waals surface area contributed by atoms with E-state index in [1.807, 2.05) is 30.3 Å². The number of amides is 1. The topological polar surface area (TPSA) is 32.3 Å². The fraction of sp³-hybridized carbons (Fsp3) is 0.500. The molecular weight excluding hydrogens is 212 g/mol. The predicted molar refractivity (Wildman–Crippen MR) is 69.0 cm³/mol. The zero-order valence-corrected chi connectivity index (χ0v) is 10.4. The number of nitrogens with zero attached hydrogens (tertiary/aromatic N) is 1. The minimum Gasteiger partial charge on any atom is -0.348 e.